The van der Waals surface area contributed by atoms with E-state index in [9.17, 15) is 8.78 Å². The molecular formula is C12H9F2NO. The molecule has 0 atom stereocenters. The predicted octanol–water partition coefficient (Wildman–Crippen LogP) is 2.52. The molecule has 16 heavy (non-hydrogen) atoms. The fourth-order valence-electron chi connectivity index (χ4n) is 1.45. The Morgan fingerprint density at radius 2 is 1.88 bits per heavy atom. The largest absolute Gasteiger partial charge is 0.392 e. The van der Waals surface area contributed by atoms with Crippen molar-refractivity contribution in [2.75, 3.05) is 0 Å². The van der Waals surface area contributed by atoms with Crippen LogP contribution < -0.4 is 0 Å². The molecule has 0 unspecified atom stereocenters. The van der Waals surface area contributed by atoms with Crippen molar-refractivity contribution in [2.24, 2.45) is 0 Å². The lowest BCUT2D eigenvalue weighted by Crippen LogP contribution is -1.94. The van der Waals surface area contributed by atoms with Gasteiger partial charge in [0.15, 0.2) is 0 Å². The summed E-state index contributed by atoms with van der Waals surface area (Å²) in [5.74, 6) is -1.20. The van der Waals surface area contributed by atoms with Gasteiger partial charge in [-0.2, -0.15) is 4.39 Å². The summed E-state index contributed by atoms with van der Waals surface area (Å²) >= 11 is 0. The Bertz CT molecular complexity index is 514. The predicted molar refractivity (Wildman–Crippen MR) is 55.5 cm³/mol. The van der Waals surface area contributed by atoms with Crippen LogP contribution in [0.15, 0.2) is 36.4 Å². The molecule has 0 amide bonds. The molecule has 0 bridgehead atoms. The second-order valence-corrected chi connectivity index (χ2v) is 3.32. The van der Waals surface area contributed by atoms with Gasteiger partial charge in [-0.1, -0.05) is 12.1 Å². The number of aromatic nitrogens is 1. The number of hydrogen-bond acceptors (Lipinski definition) is 2. The lowest BCUT2D eigenvalue weighted by Gasteiger charge is -2.04. The number of nitrogens with zero attached hydrogens (tertiary/aromatic N) is 1. The molecular weight excluding hydrogens is 212 g/mol. The van der Waals surface area contributed by atoms with E-state index in [1.807, 2.05) is 0 Å². The van der Waals surface area contributed by atoms with Crippen LogP contribution in [0.25, 0.3) is 11.3 Å². The summed E-state index contributed by atoms with van der Waals surface area (Å²) in [5, 5.41) is 8.91. The van der Waals surface area contributed by atoms with E-state index in [1.54, 1.807) is 12.1 Å². The van der Waals surface area contributed by atoms with E-state index in [2.05, 4.69) is 4.98 Å². The van der Waals surface area contributed by atoms with Crippen molar-refractivity contribution < 1.29 is 13.9 Å². The molecule has 1 aromatic carbocycles. The maximum atomic E-state index is 13.4. The molecule has 4 heteroatoms. The van der Waals surface area contributed by atoms with Gasteiger partial charge in [0, 0.05) is 5.56 Å². The van der Waals surface area contributed by atoms with E-state index < -0.39 is 11.8 Å². The summed E-state index contributed by atoms with van der Waals surface area (Å²) in [6, 6.07) is 8.55. The Kier molecular flexibility index (Phi) is 2.92. The van der Waals surface area contributed by atoms with Crippen molar-refractivity contribution in [3.05, 3.63) is 53.7 Å². The Labute approximate surface area is 91.2 Å². The van der Waals surface area contributed by atoms with Gasteiger partial charge in [0.05, 0.1) is 12.3 Å². The Morgan fingerprint density at radius 3 is 2.56 bits per heavy atom. The molecule has 1 heterocycles. The summed E-state index contributed by atoms with van der Waals surface area (Å²) in [7, 11) is 0. The number of aliphatic hydroxyl groups is 1. The van der Waals surface area contributed by atoms with E-state index in [0.717, 1.165) is 6.07 Å². The number of pyridine rings is 1. The second-order valence-electron chi connectivity index (χ2n) is 3.32. The van der Waals surface area contributed by atoms with E-state index in [-0.39, 0.29) is 17.9 Å². The van der Waals surface area contributed by atoms with Crippen LogP contribution in [-0.2, 0) is 6.61 Å². The number of halogens is 2. The molecule has 0 aliphatic rings. The van der Waals surface area contributed by atoms with Crippen LogP contribution in [0.3, 0.4) is 0 Å². The lowest BCUT2D eigenvalue weighted by molar-refractivity contribution is 0.281. The fourth-order valence-corrected chi connectivity index (χ4v) is 1.45. The maximum absolute atomic E-state index is 13.4. The maximum Gasteiger partial charge on any atom is 0.213 e. The molecule has 2 nitrogen and oxygen atoms in total. The summed E-state index contributed by atoms with van der Waals surface area (Å²) in [6.07, 6.45) is 0. The minimum absolute atomic E-state index is 0.183. The summed E-state index contributed by atoms with van der Waals surface area (Å²) in [4.78, 5) is 3.60. The van der Waals surface area contributed by atoms with Crippen LogP contribution in [0.4, 0.5) is 8.78 Å². The van der Waals surface area contributed by atoms with Crippen LogP contribution in [0.1, 0.15) is 5.56 Å². The number of aliphatic hydroxyl groups excluding tert-OH is 1. The van der Waals surface area contributed by atoms with Gasteiger partial charge < -0.3 is 5.11 Å². The first-order valence-corrected chi connectivity index (χ1v) is 4.73. The van der Waals surface area contributed by atoms with Gasteiger partial charge in [-0.3, -0.25) is 0 Å². The molecule has 0 saturated heterocycles. The summed E-state index contributed by atoms with van der Waals surface area (Å²) < 4.78 is 26.5. The van der Waals surface area contributed by atoms with E-state index in [1.165, 1.54) is 18.2 Å². The zero-order chi connectivity index (χ0) is 11.5. The minimum Gasteiger partial charge on any atom is -0.392 e. The van der Waals surface area contributed by atoms with Gasteiger partial charge in [0.2, 0.25) is 5.95 Å². The highest BCUT2D eigenvalue weighted by Crippen LogP contribution is 2.21. The highest BCUT2D eigenvalue weighted by molar-refractivity contribution is 5.60. The van der Waals surface area contributed by atoms with Crippen molar-refractivity contribution >= 4 is 0 Å². The summed E-state index contributed by atoms with van der Waals surface area (Å²) in [6.45, 7) is -0.305. The third-order valence-corrected chi connectivity index (χ3v) is 2.19. The van der Waals surface area contributed by atoms with Crippen LogP contribution >= 0.6 is 0 Å². The highest BCUT2D eigenvalue weighted by Gasteiger charge is 2.08. The van der Waals surface area contributed by atoms with Gasteiger partial charge in [-0.25, -0.2) is 9.37 Å². The monoisotopic (exact) mass is 221 g/mol. The molecule has 0 spiro atoms. The van der Waals surface area contributed by atoms with Gasteiger partial charge in [-0.05, 0) is 29.8 Å². The average molecular weight is 221 g/mol. The molecule has 0 fully saturated rings. The van der Waals surface area contributed by atoms with Crippen LogP contribution in [0, 0.1) is 11.8 Å². The van der Waals surface area contributed by atoms with Crippen molar-refractivity contribution in [3.8, 4) is 11.3 Å². The Balaban J connectivity index is 2.56. The highest BCUT2D eigenvalue weighted by atomic mass is 19.1. The molecule has 0 aliphatic carbocycles. The molecule has 1 N–H and O–H groups in total. The van der Waals surface area contributed by atoms with E-state index >= 15 is 0 Å². The lowest BCUT2D eigenvalue weighted by atomic mass is 10.1. The molecule has 2 rings (SSSR count). The SMILES string of the molecule is OCc1cc(F)nc(-c2ccccc2F)c1. The quantitative estimate of drug-likeness (QED) is 0.790. The molecule has 1 aromatic heterocycles. The first-order chi connectivity index (χ1) is 7.70. The standard InChI is InChI=1S/C12H9F2NO/c13-10-4-2-1-3-9(10)11-5-8(7-16)6-12(14)15-11/h1-6,16H,7H2. The van der Waals surface area contributed by atoms with Gasteiger partial charge in [0.1, 0.15) is 5.82 Å². The first kappa shape index (κ1) is 10.7. The molecule has 0 saturated carbocycles. The van der Waals surface area contributed by atoms with Crippen LogP contribution in [0.5, 0.6) is 0 Å². The zero-order valence-electron chi connectivity index (χ0n) is 8.32. The van der Waals surface area contributed by atoms with Gasteiger partial charge in [0.25, 0.3) is 0 Å². The Morgan fingerprint density at radius 1 is 1.12 bits per heavy atom. The van der Waals surface area contributed by atoms with Crippen molar-refractivity contribution in [2.45, 2.75) is 6.61 Å². The second kappa shape index (κ2) is 4.37. The minimum atomic E-state index is -0.732. The topological polar surface area (TPSA) is 33.1 Å². The van der Waals surface area contributed by atoms with Crippen molar-refractivity contribution in [1.29, 1.82) is 0 Å². The summed E-state index contributed by atoms with van der Waals surface area (Å²) in [5.41, 5.74) is 0.768. The average Bonchev–Trinajstić information content (AvgIpc) is 2.28. The van der Waals surface area contributed by atoms with Crippen LogP contribution in [0.2, 0.25) is 0 Å². The van der Waals surface area contributed by atoms with E-state index in [0.29, 0.717) is 5.56 Å². The third-order valence-electron chi connectivity index (χ3n) is 2.19. The van der Waals surface area contributed by atoms with Gasteiger partial charge in [-0.15, -0.1) is 0 Å². The molecule has 2 aromatic rings. The Hall–Kier alpha value is -1.81. The van der Waals surface area contributed by atoms with Gasteiger partial charge >= 0.3 is 0 Å². The number of rotatable bonds is 2. The first-order valence-electron chi connectivity index (χ1n) is 4.73. The number of benzene rings is 1. The van der Waals surface area contributed by atoms with Crippen molar-refractivity contribution in [3.63, 3.8) is 0 Å². The number of hydrogen-bond donors (Lipinski definition) is 1. The smallest absolute Gasteiger partial charge is 0.213 e. The zero-order valence-corrected chi connectivity index (χ0v) is 8.32. The molecule has 82 valence electrons. The van der Waals surface area contributed by atoms with Crippen LogP contribution in [-0.4, -0.2) is 10.1 Å². The normalized spacial score (nSPS) is 10.4. The fraction of sp³-hybridized carbons (Fsp3) is 0.0833. The van der Waals surface area contributed by atoms with E-state index in [4.69, 9.17) is 5.11 Å². The third kappa shape index (κ3) is 2.06. The molecule has 0 radical (unpaired) electrons. The van der Waals surface area contributed by atoms with Crippen molar-refractivity contribution in [1.82, 2.24) is 4.98 Å². The molecule has 0 aliphatic heterocycles.